The molecule has 0 N–H and O–H groups in total. The van der Waals surface area contributed by atoms with Crippen molar-refractivity contribution >= 4 is 11.6 Å². The molecule has 1 nitrogen and oxygen atoms in total. The molecule has 1 heterocycles. The number of hydrogen-bond donors (Lipinski definition) is 0. The van der Waals surface area contributed by atoms with E-state index in [0.717, 1.165) is 12.6 Å². The quantitative estimate of drug-likeness (QED) is 0.741. The summed E-state index contributed by atoms with van der Waals surface area (Å²) in [6.07, 6.45) is 3.30. The van der Waals surface area contributed by atoms with Crippen LogP contribution in [0, 0.1) is 5.82 Å². The average molecular weight is 218 g/mol. The van der Waals surface area contributed by atoms with Crippen molar-refractivity contribution in [1.82, 2.24) is 4.98 Å². The van der Waals surface area contributed by atoms with Crippen molar-refractivity contribution in [3.8, 4) is 0 Å². The molecule has 4 heteroatoms. The van der Waals surface area contributed by atoms with Gasteiger partial charge in [0.1, 0.15) is 11.5 Å². The lowest BCUT2D eigenvalue weighted by molar-refractivity contribution is 0.0630. The number of rotatable bonds is 2. The number of pyridine rings is 1. The van der Waals surface area contributed by atoms with Gasteiger partial charge in [-0.25, -0.2) is 8.78 Å². The zero-order valence-corrected chi connectivity index (χ0v) is 8.32. The topological polar surface area (TPSA) is 12.9 Å². The Labute approximate surface area is 86.1 Å². The van der Waals surface area contributed by atoms with Crippen molar-refractivity contribution < 1.29 is 8.78 Å². The highest BCUT2D eigenvalue weighted by molar-refractivity contribution is 6.31. The molecule has 1 aliphatic carbocycles. The molecule has 1 saturated carbocycles. The van der Waals surface area contributed by atoms with Gasteiger partial charge in [-0.2, -0.15) is 0 Å². The third-order valence-electron chi connectivity index (χ3n) is 2.62. The Morgan fingerprint density at radius 1 is 1.50 bits per heavy atom. The third-order valence-corrected chi connectivity index (χ3v) is 2.95. The van der Waals surface area contributed by atoms with Crippen molar-refractivity contribution in [1.29, 1.82) is 0 Å². The van der Waals surface area contributed by atoms with Crippen LogP contribution >= 0.6 is 11.6 Å². The first kappa shape index (κ1) is 9.84. The number of nitrogens with zero attached hydrogens (tertiary/aromatic N) is 1. The molecule has 0 spiro atoms. The molecular weight excluding hydrogens is 208 g/mol. The normalized spacial score (nSPS) is 19.1. The van der Waals surface area contributed by atoms with Crippen LogP contribution in [0.1, 0.15) is 25.0 Å². The van der Waals surface area contributed by atoms with Crippen LogP contribution in [-0.2, 0) is 6.42 Å². The molecule has 0 atom stereocenters. The fourth-order valence-corrected chi connectivity index (χ4v) is 1.83. The summed E-state index contributed by atoms with van der Waals surface area (Å²) in [6, 6.07) is 1.17. The molecule has 2 rings (SSSR count). The standard InChI is InChI=1S/C10H10ClF2N/c11-8-4-7(12)6-14-9(8)5-10(13)2-1-3-10/h4,6H,1-3,5H2. The molecule has 0 unspecified atom stereocenters. The van der Waals surface area contributed by atoms with E-state index in [0.29, 0.717) is 18.5 Å². The minimum absolute atomic E-state index is 0.201. The summed E-state index contributed by atoms with van der Waals surface area (Å²) >= 11 is 5.75. The highest BCUT2D eigenvalue weighted by atomic mass is 35.5. The predicted molar refractivity (Wildman–Crippen MR) is 50.6 cm³/mol. The molecule has 0 radical (unpaired) electrons. The highest BCUT2D eigenvalue weighted by Crippen LogP contribution is 2.39. The second-order valence-electron chi connectivity index (χ2n) is 3.76. The van der Waals surface area contributed by atoms with Gasteiger partial charge in [-0.3, -0.25) is 4.98 Å². The number of alkyl halides is 1. The zero-order chi connectivity index (χ0) is 10.2. The van der Waals surface area contributed by atoms with Crippen LogP contribution in [0.5, 0.6) is 0 Å². The molecule has 0 aliphatic heterocycles. The molecule has 1 fully saturated rings. The second kappa shape index (κ2) is 3.46. The van der Waals surface area contributed by atoms with Gasteiger partial charge in [0.2, 0.25) is 0 Å². The monoisotopic (exact) mass is 217 g/mol. The highest BCUT2D eigenvalue weighted by Gasteiger charge is 2.37. The van der Waals surface area contributed by atoms with Gasteiger partial charge in [0.25, 0.3) is 0 Å². The van der Waals surface area contributed by atoms with Gasteiger partial charge >= 0.3 is 0 Å². The summed E-state index contributed by atoms with van der Waals surface area (Å²) in [5.74, 6) is -0.486. The number of hydrogen-bond acceptors (Lipinski definition) is 1. The van der Waals surface area contributed by atoms with Crippen LogP contribution in [0.25, 0.3) is 0 Å². The van der Waals surface area contributed by atoms with E-state index >= 15 is 0 Å². The fraction of sp³-hybridized carbons (Fsp3) is 0.500. The van der Waals surface area contributed by atoms with Crippen molar-refractivity contribution in [2.75, 3.05) is 0 Å². The van der Waals surface area contributed by atoms with Gasteiger partial charge < -0.3 is 0 Å². The van der Waals surface area contributed by atoms with E-state index in [4.69, 9.17) is 11.6 Å². The van der Waals surface area contributed by atoms with Gasteiger partial charge in [-0.05, 0) is 25.3 Å². The molecule has 1 aliphatic rings. The maximum absolute atomic E-state index is 13.7. The van der Waals surface area contributed by atoms with E-state index < -0.39 is 11.5 Å². The van der Waals surface area contributed by atoms with Crippen molar-refractivity contribution in [3.05, 3.63) is 28.8 Å². The molecule has 0 saturated heterocycles. The summed E-state index contributed by atoms with van der Waals surface area (Å²) < 4.78 is 26.3. The maximum atomic E-state index is 13.7. The Morgan fingerprint density at radius 2 is 2.21 bits per heavy atom. The van der Waals surface area contributed by atoms with Crippen LogP contribution in [-0.4, -0.2) is 10.7 Å². The smallest absolute Gasteiger partial charge is 0.142 e. The van der Waals surface area contributed by atoms with Crippen LogP contribution in [0.2, 0.25) is 5.02 Å². The Morgan fingerprint density at radius 3 is 2.71 bits per heavy atom. The molecule has 1 aromatic rings. The van der Waals surface area contributed by atoms with Crippen LogP contribution < -0.4 is 0 Å². The first-order valence-electron chi connectivity index (χ1n) is 4.58. The van der Waals surface area contributed by atoms with E-state index in [1.54, 1.807) is 0 Å². The van der Waals surface area contributed by atoms with Crippen LogP contribution in [0.4, 0.5) is 8.78 Å². The van der Waals surface area contributed by atoms with Gasteiger partial charge in [-0.15, -0.1) is 0 Å². The maximum Gasteiger partial charge on any atom is 0.142 e. The minimum Gasteiger partial charge on any atom is -0.257 e. The Balaban J connectivity index is 2.16. The van der Waals surface area contributed by atoms with E-state index in [1.807, 2.05) is 0 Å². The first-order chi connectivity index (χ1) is 6.59. The van der Waals surface area contributed by atoms with Gasteiger partial charge in [0.05, 0.1) is 16.9 Å². The molecular formula is C10H10ClF2N. The molecule has 76 valence electrons. The Hall–Kier alpha value is -0.700. The van der Waals surface area contributed by atoms with Gasteiger partial charge in [0, 0.05) is 6.42 Å². The lowest BCUT2D eigenvalue weighted by Gasteiger charge is -2.33. The Kier molecular flexibility index (Phi) is 2.43. The number of aromatic nitrogens is 1. The average Bonchev–Trinajstić information content (AvgIpc) is 2.07. The second-order valence-corrected chi connectivity index (χ2v) is 4.17. The number of halogens is 3. The molecule has 1 aromatic heterocycles. The van der Waals surface area contributed by atoms with Crippen LogP contribution in [0.3, 0.4) is 0 Å². The van der Waals surface area contributed by atoms with Gasteiger partial charge in [0.15, 0.2) is 0 Å². The van der Waals surface area contributed by atoms with E-state index in [1.165, 1.54) is 6.07 Å². The lowest BCUT2D eigenvalue weighted by Crippen LogP contribution is -2.34. The summed E-state index contributed by atoms with van der Waals surface area (Å²) in [5, 5.41) is 0.217. The van der Waals surface area contributed by atoms with Crippen molar-refractivity contribution in [3.63, 3.8) is 0 Å². The summed E-state index contributed by atoms with van der Waals surface area (Å²) in [5.41, 5.74) is -0.704. The summed E-state index contributed by atoms with van der Waals surface area (Å²) in [4.78, 5) is 3.80. The van der Waals surface area contributed by atoms with Crippen LogP contribution in [0.15, 0.2) is 12.3 Å². The van der Waals surface area contributed by atoms with Crippen molar-refractivity contribution in [2.24, 2.45) is 0 Å². The molecule has 0 bridgehead atoms. The lowest BCUT2D eigenvalue weighted by atomic mass is 9.79. The zero-order valence-electron chi connectivity index (χ0n) is 7.56. The molecule has 0 aromatic carbocycles. The van der Waals surface area contributed by atoms with Gasteiger partial charge in [-0.1, -0.05) is 11.6 Å². The third kappa shape index (κ3) is 1.87. The molecule has 0 amide bonds. The van der Waals surface area contributed by atoms with E-state index in [2.05, 4.69) is 4.98 Å². The SMILES string of the molecule is Fc1cnc(CC2(F)CCC2)c(Cl)c1. The largest absolute Gasteiger partial charge is 0.257 e. The summed E-state index contributed by atoms with van der Waals surface area (Å²) in [7, 11) is 0. The van der Waals surface area contributed by atoms with Crippen molar-refractivity contribution in [2.45, 2.75) is 31.4 Å². The predicted octanol–water partition coefficient (Wildman–Crippen LogP) is 3.31. The fourth-order valence-electron chi connectivity index (χ4n) is 1.61. The molecule has 14 heavy (non-hydrogen) atoms. The summed E-state index contributed by atoms with van der Waals surface area (Å²) in [6.45, 7) is 0. The Bertz CT molecular complexity index is 350. The minimum atomic E-state index is -1.16. The first-order valence-corrected chi connectivity index (χ1v) is 4.96. The van der Waals surface area contributed by atoms with E-state index in [-0.39, 0.29) is 11.4 Å². The van der Waals surface area contributed by atoms with E-state index in [9.17, 15) is 8.78 Å².